The fourth-order valence-electron chi connectivity index (χ4n) is 3.41. The summed E-state index contributed by atoms with van der Waals surface area (Å²) in [5.41, 5.74) is 0.362. The van der Waals surface area contributed by atoms with Gasteiger partial charge in [-0.2, -0.15) is 0 Å². The van der Waals surface area contributed by atoms with Crippen LogP contribution in [0.15, 0.2) is 18.2 Å². The number of carbonyl (C=O) groups is 2. The van der Waals surface area contributed by atoms with E-state index in [0.717, 1.165) is 6.07 Å². The first-order chi connectivity index (χ1) is 10.4. The van der Waals surface area contributed by atoms with Crippen molar-refractivity contribution in [3.8, 4) is 0 Å². The first-order valence-corrected chi connectivity index (χ1v) is 7.38. The van der Waals surface area contributed by atoms with E-state index in [2.05, 4.69) is 0 Å². The maximum Gasteiger partial charge on any atom is 0.308 e. The Morgan fingerprint density at radius 1 is 1.27 bits per heavy atom. The highest BCUT2D eigenvalue weighted by atomic mass is 19.1. The number of likely N-dealkylation sites (tertiary alicyclic amines) is 1. The van der Waals surface area contributed by atoms with Gasteiger partial charge in [-0.3, -0.25) is 9.59 Å². The number of nitrogens with zero attached hydrogens (tertiary/aromatic N) is 1. The zero-order valence-electron chi connectivity index (χ0n) is 12.1. The Hall–Kier alpha value is -1.98. The van der Waals surface area contributed by atoms with Crippen LogP contribution < -0.4 is 0 Å². The van der Waals surface area contributed by atoms with Crippen molar-refractivity contribution in [2.45, 2.75) is 31.7 Å². The molecule has 1 aromatic carbocycles. The highest BCUT2D eigenvalue weighted by Gasteiger charge is 2.50. The van der Waals surface area contributed by atoms with E-state index in [0.29, 0.717) is 24.9 Å². The Labute approximate surface area is 126 Å². The van der Waals surface area contributed by atoms with Crippen LogP contribution in [0.3, 0.4) is 0 Å². The van der Waals surface area contributed by atoms with E-state index in [1.807, 2.05) is 0 Å². The number of carboxylic acids is 1. The molecule has 22 heavy (non-hydrogen) atoms. The molecule has 4 nitrogen and oxygen atoms in total. The number of halogens is 2. The van der Waals surface area contributed by atoms with Gasteiger partial charge in [0.05, 0.1) is 5.92 Å². The summed E-state index contributed by atoms with van der Waals surface area (Å²) < 4.78 is 26.7. The quantitative estimate of drug-likeness (QED) is 0.932. The van der Waals surface area contributed by atoms with Gasteiger partial charge in [-0.25, -0.2) is 8.78 Å². The van der Waals surface area contributed by atoms with Crippen LogP contribution in [-0.4, -0.2) is 34.5 Å². The van der Waals surface area contributed by atoms with E-state index in [1.165, 1.54) is 12.1 Å². The van der Waals surface area contributed by atoms with Crippen LogP contribution >= 0.6 is 0 Å². The lowest BCUT2D eigenvalue weighted by atomic mass is 10.0. The zero-order valence-corrected chi connectivity index (χ0v) is 12.1. The Kier molecular flexibility index (Phi) is 3.62. The number of carbonyl (C=O) groups excluding carboxylic acids is 1. The lowest BCUT2D eigenvalue weighted by molar-refractivity contribution is -0.143. The Bertz CT molecular complexity index is 634. The lowest BCUT2D eigenvalue weighted by Gasteiger charge is -2.23. The second-order valence-electron chi connectivity index (χ2n) is 6.12. The second-order valence-corrected chi connectivity index (χ2v) is 6.12. The number of benzene rings is 1. The minimum Gasteiger partial charge on any atom is -0.481 e. The fraction of sp³-hybridized carbons (Fsp3) is 0.500. The first-order valence-electron chi connectivity index (χ1n) is 7.38. The highest BCUT2D eigenvalue weighted by Crippen LogP contribution is 2.50. The average Bonchev–Trinajstić information content (AvgIpc) is 3.13. The van der Waals surface area contributed by atoms with Crippen molar-refractivity contribution in [3.63, 3.8) is 0 Å². The smallest absolute Gasteiger partial charge is 0.308 e. The van der Waals surface area contributed by atoms with Gasteiger partial charge in [0.2, 0.25) is 5.91 Å². The van der Waals surface area contributed by atoms with Crippen LogP contribution in [0.4, 0.5) is 8.78 Å². The Morgan fingerprint density at radius 2 is 2.00 bits per heavy atom. The topological polar surface area (TPSA) is 57.6 Å². The van der Waals surface area contributed by atoms with Gasteiger partial charge < -0.3 is 10.0 Å². The molecule has 0 radical (unpaired) electrons. The van der Waals surface area contributed by atoms with Gasteiger partial charge >= 0.3 is 5.97 Å². The van der Waals surface area contributed by atoms with Gasteiger partial charge in [0, 0.05) is 24.6 Å². The van der Waals surface area contributed by atoms with Crippen molar-refractivity contribution in [3.05, 3.63) is 35.4 Å². The van der Waals surface area contributed by atoms with Crippen molar-refractivity contribution in [1.82, 2.24) is 4.90 Å². The van der Waals surface area contributed by atoms with E-state index in [9.17, 15) is 18.4 Å². The van der Waals surface area contributed by atoms with Gasteiger partial charge in [-0.15, -0.1) is 0 Å². The SMILES string of the molecule is CC1C(C(=O)O)CCN1C(=O)C1CC1c1ccc(F)cc1F. The van der Waals surface area contributed by atoms with Crippen LogP contribution in [-0.2, 0) is 9.59 Å². The van der Waals surface area contributed by atoms with Crippen LogP contribution in [0, 0.1) is 23.5 Å². The van der Waals surface area contributed by atoms with E-state index in [1.54, 1.807) is 11.8 Å². The average molecular weight is 309 g/mol. The van der Waals surface area contributed by atoms with Crippen molar-refractivity contribution in [2.75, 3.05) is 6.54 Å². The molecule has 1 N–H and O–H groups in total. The molecule has 4 unspecified atom stereocenters. The molecule has 2 fully saturated rings. The van der Waals surface area contributed by atoms with Gasteiger partial charge in [0.1, 0.15) is 11.6 Å². The number of hydrogen-bond acceptors (Lipinski definition) is 2. The van der Waals surface area contributed by atoms with Crippen LogP contribution in [0.25, 0.3) is 0 Å². The van der Waals surface area contributed by atoms with Crippen molar-refractivity contribution in [1.29, 1.82) is 0 Å². The predicted molar refractivity (Wildman–Crippen MR) is 74.1 cm³/mol. The molecule has 3 rings (SSSR count). The summed E-state index contributed by atoms with van der Waals surface area (Å²) in [5, 5.41) is 9.11. The van der Waals surface area contributed by atoms with Crippen molar-refractivity contribution in [2.24, 2.45) is 11.8 Å². The molecule has 1 saturated carbocycles. The molecular formula is C16H17F2NO3. The summed E-state index contributed by atoms with van der Waals surface area (Å²) in [5.74, 6) is -3.37. The molecule has 0 spiro atoms. The van der Waals surface area contributed by atoms with Gasteiger partial charge in [-0.1, -0.05) is 6.07 Å². The molecule has 1 saturated heterocycles. The molecule has 2 aliphatic rings. The molecule has 4 atom stereocenters. The third-order valence-corrected chi connectivity index (χ3v) is 4.82. The minimum absolute atomic E-state index is 0.120. The normalized spacial score (nSPS) is 30.4. The molecule has 0 aromatic heterocycles. The molecule has 1 amide bonds. The maximum absolute atomic E-state index is 13.8. The predicted octanol–water partition coefficient (Wildman–Crippen LogP) is 2.39. The largest absolute Gasteiger partial charge is 0.481 e. The monoisotopic (exact) mass is 309 g/mol. The standard InChI is InChI=1S/C16H17F2NO3/c1-8-10(16(21)22)4-5-19(8)15(20)13-7-12(13)11-3-2-9(17)6-14(11)18/h2-3,6,8,10,12-13H,4-5,7H2,1H3,(H,21,22). The molecule has 1 aliphatic heterocycles. The molecular weight excluding hydrogens is 292 g/mol. The number of aliphatic carboxylic acids is 1. The van der Waals surface area contributed by atoms with E-state index in [4.69, 9.17) is 5.11 Å². The van der Waals surface area contributed by atoms with Crippen molar-refractivity contribution >= 4 is 11.9 Å². The number of hydrogen-bond donors (Lipinski definition) is 1. The van der Waals surface area contributed by atoms with Gasteiger partial charge in [-0.05, 0) is 37.3 Å². The zero-order chi connectivity index (χ0) is 16.0. The van der Waals surface area contributed by atoms with E-state index < -0.39 is 23.5 Å². The molecule has 0 bridgehead atoms. The third kappa shape index (κ3) is 2.46. The molecule has 118 valence electrons. The summed E-state index contributed by atoms with van der Waals surface area (Å²) >= 11 is 0. The van der Waals surface area contributed by atoms with Gasteiger partial charge in [0.15, 0.2) is 0 Å². The highest BCUT2D eigenvalue weighted by molar-refractivity contribution is 5.84. The Balaban J connectivity index is 1.70. The molecule has 6 heteroatoms. The number of rotatable bonds is 3. The number of amides is 1. The summed E-state index contributed by atoms with van der Waals surface area (Å²) in [4.78, 5) is 25.2. The number of carboxylic acid groups (broad SMARTS) is 1. The Morgan fingerprint density at radius 3 is 2.59 bits per heavy atom. The maximum atomic E-state index is 13.8. The fourth-order valence-corrected chi connectivity index (χ4v) is 3.41. The second kappa shape index (κ2) is 5.34. The molecule has 1 heterocycles. The molecule has 1 aliphatic carbocycles. The third-order valence-electron chi connectivity index (χ3n) is 4.82. The minimum atomic E-state index is -0.889. The van der Waals surface area contributed by atoms with Crippen LogP contribution in [0.5, 0.6) is 0 Å². The van der Waals surface area contributed by atoms with E-state index in [-0.39, 0.29) is 23.8 Å². The lowest BCUT2D eigenvalue weighted by Crippen LogP contribution is -2.38. The summed E-state index contributed by atoms with van der Waals surface area (Å²) in [6.07, 6.45) is 0.979. The summed E-state index contributed by atoms with van der Waals surface area (Å²) in [7, 11) is 0. The summed E-state index contributed by atoms with van der Waals surface area (Å²) in [6.45, 7) is 2.16. The van der Waals surface area contributed by atoms with Crippen LogP contribution in [0.1, 0.15) is 31.2 Å². The van der Waals surface area contributed by atoms with Crippen LogP contribution in [0.2, 0.25) is 0 Å². The molecule has 1 aromatic rings. The van der Waals surface area contributed by atoms with E-state index >= 15 is 0 Å². The first kappa shape index (κ1) is 14.9. The summed E-state index contributed by atoms with van der Waals surface area (Å²) in [6, 6.07) is 3.06. The van der Waals surface area contributed by atoms with Gasteiger partial charge in [0.25, 0.3) is 0 Å². The van der Waals surface area contributed by atoms with Crippen molar-refractivity contribution < 1.29 is 23.5 Å².